The minimum Gasteiger partial charge on any atom is -0.550 e. The lowest BCUT2D eigenvalue weighted by molar-refractivity contribution is -0.307. The van der Waals surface area contributed by atoms with Crippen LogP contribution in [0.4, 0.5) is 13.2 Å². The standard InChI is InChI=1S/C15H17F3O5S/c16-15(17,18)24(21,22)23-13-7-5-12(6-8-13)11-3-1-10(2-4-11)9-14(19)20/h5-8,10-11H,1-4,9H2,(H,19,20)/p-1. The highest BCUT2D eigenvalue weighted by Gasteiger charge is 2.48. The molecule has 9 heteroatoms. The largest absolute Gasteiger partial charge is 0.550 e. The molecular weight excluding hydrogens is 349 g/mol. The van der Waals surface area contributed by atoms with E-state index in [0.29, 0.717) is 0 Å². The van der Waals surface area contributed by atoms with Crippen molar-refractivity contribution in [1.82, 2.24) is 0 Å². The van der Waals surface area contributed by atoms with E-state index in [1.807, 2.05) is 0 Å². The molecule has 5 nitrogen and oxygen atoms in total. The fraction of sp³-hybridized carbons (Fsp3) is 0.533. The van der Waals surface area contributed by atoms with Gasteiger partial charge < -0.3 is 14.1 Å². The van der Waals surface area contributed by atoms with E-state index in [0.717, 1.165) is 31.2 Å². The molecule has 0 N–H and O–H groups in total. The quantitative estimate of drug-likeness (QED) is 0.591. The molecule has 0 radical (unpaired) electrons. The zero-order chi connectivity index (χ0) is 18.0. The monoisotopic (exact) mass is 365 g/mol. The van der Waals surface area contributed by atoms with Crippen LogP contribution in [0.1, 0.15) is 43.6 Å². The van der Waals surface area contributed by atoms with Gasteiger partial charge in [-0.05, 0) is 61.6 Å². The second kappa shape index (κ2) is 7.00. The second-order valence-electron chi connectivity index (χ2n) is 5.85. The molecule has 0 aromatic heterocycles. The maximum atomic E-state index is 12.3. The molecule has 1 aromatic carbocycles. The van der Waals surface area contributed by atoms with Crippen LogP contribution >= 0.6 is 0 Å². The van der Waals surface area contributed by atoms with E-state index in [1.54, 1.807) is 0 Å². The first-order chi connectivity index (χ1) is 11.1. The Morgan fingerprint density at radius 2 is 1.67 bits per heavy atom. The van der Waals surface area contributed by atoms with Crippen LogP contribution in [0.3, 0.4) is 0 Å². The number of hydrogen-bond donors (Lipinski definition) is 0. The van der Waals surface area contributed by atoms with Crippen LogP contribution in [0, 0.1) is 5.92 Å². The van der Waals surface area contributed by atoms with Gasteiger partial charge in [0.2, 0.25) is 0 Å². The summed E-state index contributed by atoms with van der Waals surface area (Å²) in [5.41, 5.74) is -4.61. The lowest BCUT2D eigenvalue weighted by Gasteiger charge is -2.29. The number of carboxylic acids is 1. The predicted molar refractivity (Wildman–Crippen MR) is 76.4 cm³/mol. The fourth-order valence-corrected chi connectivity index (χ4v) is 3.36. The average Bonchev–Trinajstić information content (AvgIpc) is 2.47. The number of alkyl halides is 3. The Balaban J connectivity index is 1.97. The molecule has 1 aliphatic carbocycles. The summed E-state index contributed by atoms with van der Waals surface area (Å²) in [6.45, 7) is 0. The van der Waals surface area contributed by atoms with Crippen molar-refractivity contribution in [1.29, 1.82) is 0 Å². The molecule has 1 aliphatic rings. The van der Waals surface area contributed by atoms with Crippen LogP contribution < -0.4 is 9.29 Å². The van der Waals surface area contributed by atoms with Gasteiger partial charge in [-0.2, -0.15) is 21.6 Å². The van der Waals surface area contributed by atoms with Gasteiger partial charge >= 0.3 is 15.6 Å². The van der Waals surface area contributed by atoms with Crippen molar-refractivity contribution >= 4 is 16.1 Å². The minimum atomic E-state index is -5.67. The lowest BCUT2D eigenvalue weighted by Crippen LogP contribution is -2.28. The molecule has 0 bridgehead atoms. The second-order valence-corrected chi connectivity index (χ2v) is 7.38. The van der Waals surface area contributed by atoms with E-state index >= 15 is 0 Å². The first-order valence-electron chi connectivity index (χ1n) is 7.39. The smallest absolute Gasteiger partial charge is 0.534 e. The highest BCUT2D eigenvalue weighted by Crippen LogP contribution is 2.37. The Kier molecular flexibility index (Phi) is 5.42. The average molecular weight is 365 g/mol. The van der Waals surface area contributed by atoms with Crippen LogP contribution in [0.5, 0.6) is 5.75 Å². The van der Waals surface area contributed by atoms with Gasteiger partial charge in [-0.15, -0.1) is 0 Å². The highest BCUT2D eigenvalue weighted by atomic mass is 32.2. The molecule has 1 aromatic rings. The van der Waals surface area contributed by atoms with E-state index in [1.165, 1.54) is 24.3 Å². The van der Waals surface area contributed by atoms with Crippen LogP contribution in [0.15, 0.2) is 24.3 Å². The summed E-state index contributed by atoms with van der Waals surface area (Å²) in [4.78, 5) is 10.6. The Bertz CT molecular complexity index is 674. The summed E-state index contributed by atoms with van der Waals surface area (Å²) < 4.78 is 62.7. The normalized spacial score (nSPS) is 22.1. The molecule has 0 unspecified atom stereocenters. The number of hydrogen-bond acceptors (Lipinski definition) is 5. The minimum absolute atomic E-state index is 0.0365. The number of carbonyl (C=O) groups is 1. The summed E-state index contributed by atoms with van der Waals surface area (Å²) in [6, 6.07) is 5.44. The van der Waals surface area contributed by atoms with Gasteiger partial charge in [-0.3, -0.25) is 0 Å². The predicted octanol–water partition coefficient (Wildman–Crippen LogP) is 2.33. The third kappa shape index (κ3) is 4.62. The number of rotatable bonds is 5. The number of aliphatic carboxylic acids is 1. The van der Waals surface area contributed by atoms with Crippen LogP contribution in [-0.4, -0.2) is 19.9 Å². The summed E-state index contributed by atoms with van der Waals surface area (Å²) in [5.74, 6) is -1.21. The molecule has 0 heterocycles. The summed E-state index contributed by atoms with van der Waals surface area (Å²) in [7, 11) is -5.67. The van der Waals surface area contributed by atoms with E-state index in [2.05, 4.69) is 4.18 Å². The molecule has 2 rings (SSSR count). The van der Waals surface area contributed by atoms with Gasteiger partial charge in [-0.1, -0.05) is 12.1 Å². The Morgan fingerprint density at radius 3 is 2.12 bits per heavy atom. The zero-order valence-corrected chi connectivity index (χ0v) is 13.4. The summed E-state index contributed by atoms with van der Waals surface area (Å²) >= 11 is 0. The maximum Gasteiger partial charge on any atom is 0.534 e. The van der Waals surface area contributed by atoms with Crippen LogP contribution in [0.25, 0.3) is 0 Å². The van der Waals surface area contributed by atoms with Gasteiger partial charge in [0.05, 0.1) is 0 Å². The Labute approximate surface area is 137 Å². The molecule has 0 saturated heterocycles. The first-order valence-corrected chi connectivity index (χ1v) is 8.80. The third-order valence-electron chi connectivity index (χ3n) is 4.14. The topological polar surface area (TPSA) is 83.5 Å². The van der Waals surface area contributed by atoms with Crippen LogP contribution in [0.2, 0.25) is 0 Å². The highest BCUT2D eigenvalue weighted by molar-refractivity contribution is 7.87. The summed E-state index contributed by atoms with van der Waals surface area (Å²) in [6.07, 6.45) is 3.03. The molecule has 1 fully saturated rings. The Hall–Kier alpha value is -1.77. The van der Waals surface area contributed by atoms with E-state index in [4.69, 9.17) is 0 Å². The van der Waals surface area contributed by atoms with Crippen molar-refractivity contribution in [2.75, 3.05) is 0 Å². The van der Waals surface area contributed by atoms with Crippen molar-refractivity contribution < 1.29 is 35.7 Å². The third-order valence-corrected chi connectivity index (χ3v) is 5.12. The van der Waals surface area contributed by atoms with Crippen molar-refractivity contribution in [3.8, 4) is 5.75 Å². The molecule has 24 heavy (non-hydrogen) atoms. The van der Waals surface area contributed by atoms with Gasteiger partial charge in [0.1, 0.15) is 5.75 Å². The van der Waals surface area contributed by atoms with Crippen molar-refractivity contribution in [2.45, 2.75) is 43.5 Å². The van der Waals surface area contributed by atoms with Gasteiger partial charge in [0.25, 0.3) is 0 Å². The lowest BCUT2D eigenvalue weighted by atomic mass is 9.77. The van der Waals surface area contributed by atoms with E-state index < -0.39 is 27.3 Å². The van der Waals surface area contributed by atoms with Gasteiger partial charge in [0.15, 0.2) is 0 Å². The Morgan fingerprint density at radius 1 is 1.12 bits per heavy atom. The fourth-order valence-electron chi connectivity index (χ4n) is 2.91. The molecular formula is C15H16F3O5S-. The molecule has 0 amide bonds. The summed E-state index contributed by atoms with van der Waals surface area (Å²) in [5, 5.41) is 10.6. The van der Waals surface area contributed by atoms with Crippen molar-refractivity contribution in [3.05, 3.63) is 29.8 Å². The molecule has 134 valence electrons. The van der Waals surface area contributed by atoms with Crippen LogP contribution in [-0.2, 0) is 14.9 Å². The molecule has 1 saturated carbocycles. The van der Waals surface area contributed by atoms with Crippen molar-refractivity contribution in [2.24, 2.45) is 5.92 Å². The number of benzene rings is 1. The number of halogens is 3. The number of carbonyl (C=O) groups excluding carboxylic acids is 1. The van der Waals surface area contributed by atoms with E-state index in [9.17, 15) is 31.5 Å². The van der Waals surface area contributed by atoms with Gasteiger partial charge in [-0.25, -0.2) is 0 Å². The molecule has 0 spiro atoms. The van der Waals surface area contributed by atoms with E-state index in [-0.39, 0.29) is 18.3 Å². The first kappa shape index (κ1) is 18.6. The van der Waals surface area contributed by atoms with Crippen molar-refractivity contribution in [3.63, 3.8) is 0 Å². The number of carboxylic acid groups (broad SMARTS) is 1. The SMILES string of the molecule is O=C([O-])CC1CCC(c2ccc(OS(=O)(=O)C(F)(F)F)cc2)CC1. The zero-order valence-electron chi connectivity index (χ0n) is 12.6. The molecule has 0 atom stereocenters. The maximum absolute atomic E-state index is 12.3. The van der Waals surface area contributed by atoms with Gasteiger partial charge in [0, 0.05) is 5.97 Å². The molecule has 0 aliphatic heterocycles.